The van der Waals surface area contributed by atoms with Crippen LogP contribution in [0.15, 0.2) is 29.2 Å². The van der Waals surface area contributed by atoms with Crippen molar-refractivity contribution in [2.45, 2.75) is 23.5 Å². The zero-order valence-electron chi connectivity index (χ0n) is 14.8. The van der Waals surface area contributed by atoms with Gasteiger partial charge < -0.3 is 4.74 Å². The van der Waals surface area contributed by atoms with Crippen LogP contribution >= 0.6 is 11.8 Å². The monoisotopic (exact) mass is 424 g/mol. The Hall–Kier alpha value is -0.810. The van der Waals surface area contributed by atoms with Gasteiger partial charge in [0.15, 0.2) is 0 Å². The summed E-state index contributed by atoms with van der Waals surface area (Å²) in [6, 6.07) is 3.75. The van der Waals surface area contributed by atoms with Gasteiger partial charge in [-0.1, -0.05) is 6.07 Å². The highest BCUT2D eigenvalue weighted by atomic mass is 32.2. The molecule has 0 aromatic heterocycles. The van der Waals surface area contributed by atoms with Crippen LogP contribution in [0.4, 0.5) is 13.2 Å². The number of hydrogen-bond donors (Lipinski definition) is 0. The van der Waals surface area contributed by atoms with Gasteiger partial charge in [-0.05, 0) is 30.4 Å². The summed E-state index contributed by atoms with van der Waals surface area (Å²) < 4.78 is 72.1. The Bertz CT molecular complexity index is 737. The summed E-state index contributed by atoms with van der Waals surface area (Å²) in [5.74, 6) is 1.48. The first-order valence-corrected chi connectivity index (χ1v) is 11.4. The number of thioether (sulfide) groups is 1. The van der Waals surface area contributed by atoms with Gasteiger partial charge in [0.05, 0.1) is 23.7 Å². The molecule has 2 fully saturated rings. The fraction of sp³-hybridized carbons (Fsp3) is 0.647. The van der Waals surface area contributed by atoms with Gasteiger partial charge in [-0.15, -0.1) is 0 Å². The summed E-state index contributed by atoms with van der Waals surface area (Å²) in [6.07, 6.45) is -3.89. The van der Waals surface area contributed by atoms with Gasteiger partial charge >= 0.3 is 6.18 Å². The van der Waals surface area contributed by atoms with Crippen molar-refractivity contribution in [1.29, 1.82) is 0 Å². The highest BCUT2D eigenvalue weighted by Gasteiger charge is 2.36. The van der Waals surface area contributed by atoms with Crippen molar-refractivity contribution in [1.82, 2.24) is 9.21 Å². The van der Waals surface area contributed by atoms with Crippen LogP contribution in [-0.2, 0) is 20.9 Å². The smallest absolute Gasteiger partial charge is 0.379 e. The van der Waals surface area contributed by atoms with E-state index in [9.17, 15) is 21.6 Å². The van der Waals surface area contributed by atoms with E-state index in [-0.39, 0.29) is 10.9 Å². The molecule has 5 nitrogen and oxygen atoms in total. The van der Waals surface area contributed by atoms with Crippen LogP contribution in [0.25, 0.3) is 0 Å². The number of nitrogens with zero attached hydrogens (tertiary/aromatic N) is 2. The van der Waals surface area contributed by atoms with Crippen molar-refractivity contribution in [3.05, 3.63) is 29.8 Å². The second-order valence-electron chi connectivity index (χ2n) is 6.64. The molecule has 0 bridgehead atoms. The Morgan fingerprint density at radius 1 is 1.19 bits per heavy atom. The predicted molar refractivity (Wildman–Crippen MR) is 98.3 cm³/mol. The van der Waals surface area contributed by atoms with Gasteiger partial charge in [-0.3, -0.25) is 4.90 Å². The van der Waals surface area contributed by atoms with Crippen LogP contribution in [0.3, 0.4) is 0 Å². The Morgan fingerprint density at radius 2 is 1.93 bits per heavy atom. The fourth-order valence-corrected chi connectivity index (χ4v) is 6.17. The molecular weight excluding hydrogens is 401 g/mol. The summed E-state index contributed by atoms with van der Waals surface area (Å²) in [5, 5.41) is 0. The van der Waals surface area contributed by atoms with E-state index in [1.54, 1.807) is 11.8 Å². The first kappa shape index (κ1) is 20.9. The molecule has 2 aliphatic heterocycles. The lowest BCUT2D eigenvalue weighted by atomic mass is 10.2. The van der Waals surface area contributed by atoms with E-state index in [2.05, 4.69) is 4.90 Å². The molecule has 0 saturated carbocycles. The van der Waals surface area contributed by atoms with Crippen LogP contribution in [0.1, 0.15) is 12.0 Å². The molecule has 0 spiro atoms. The topological polar surface area (TPSA) is 49.9 Å². The average Bonchev–Trinajstić information content (AvgIpc) is 2.88. The first-order chi connectivity index (χ1) is 12.8. The number of sulfonamides is 1. The zero-order valence-corrected chi connectivity index (χ0v) is 16.5. The maximum Gasteiger partial charge on any atom is 0.416 e. The lowest BCUT2D eigenvalue weighted by Crippen LogP contribution is -2.50. The van der Waals surface area contributed by atoms with Crippen molar-refractivity contribution in [2.75, 3.05) is 50.9 Å². The van der Waals surface area contributed by atoms with E-state index < -0.39 is 21.8 Å². The van der Waals surface area contributed by atoms with Gasteiger partial charge in [0.25, 0.3) is 0 Å². The molecule has 1 aromatic rings. The molecule has 2 heterocycles. The molecule has 2 saturated heterocycles. The maximum atomic E-state index is 13.2. The minimum absolute atomic E-state index is 0.268. The summed E-state index contributed by atoms with van der Waals surface area (Å²) in [6.45, 7) is 3.58. The third-order valence-electron chi connectivity index (χ3n) is 4.73. The molecule has 0 N–H and O–H groups in total. The highest BCUT2D eigenvalue weighted by Crippen LogP contribution is 2.32. The molecule has 2 aliphatic rings. The zero-order chi connectivity index (χ0) is 19.5. The van der Waals surface area contributed by atoms with E-state index in [1.807, 2.05) is 0 Å². The lowest BCUT2D eigenvalue weighted by molar-refractivity contribution is -0.137. The summed E-state index contributed by atoms with van der Waals surface area (Å²) in [4.78, 5) is 1.87. The van der Waals surface area contributed by atoms with E-state index in [0.29, 0.717) is 38.5 Å². The first-order valence-electron chi connectivity index (χ1n) is 8.85. The number of alkyl halides is 3. The molecule has 10 heteroatoms. The number of ether oxygens (including phenoxy) is 1. The summed E-state index contributed by atoms with van der Waals surface area (Å²) in [7, 11) is -4.01. The Labute approximate surface area is 161 Å². The molecule has 0 unspecified atom stereocenters. The largest absolute Gasteiger partial charge is 0.416 e. The average molecular weight is 425 g/mol. The fourth-order valence-electron chi connectivity index (χ4n) is 3.32. The van der Waals surface area contributed by atoms with Crippen molar-refractivity contribution in [3.63, 3.8) is 0 Å². The number of hydrogen-bond acceptors (Lipinski definition) is 5. The third-order valence-corrected chi connectivity index (χ3v) is 7.87. The molecule has 1 atom stereocenters. The van der Waals surface area contributed by atoms with Crippen LogP contribution in [-0.4, -0.2) is 74.6 Å². The second kappa shape index (κ2) is 8.69. The van der Waals surface area contributed by atoms with Crippen LogP contribution in [0.2, 0.25) is 0 Å². The van der Waals surface area contributed by atoms with Gasteiger partial charge in [0, 0.05) is 38.0 Å². The van der Waals surface area contributed by atoms with Crippen molar-refractivity contribution < 1.29 is 26.3 Å². The number of morpholine rings is 1. The molecule has 3 rings (SSSR count). The van der Waals surface area contributed by atoms with Crippen molar-refractivity contribution in [3.8, 4) is 0 Å². The van der Waals surface area contributed by atoms with E-state index in [4.69, 9.17) is 4.74 Å². The van der Waals surface area contributed by atoms with E-state index in [1.165, 1.54) is 10.4 Å². The minimum atomic E-state index is -4.58. The van der Waals surface area contributed by atoms with E-state index >= 15 is 0 Å². The normalized spacial score (nSPS) is 23.9. The Morgan fingerprint density at radius 3 is 2.63 bits per heavy atom. The summed E-state index contributed by atoms with van der Waals surface area (Å²) in [5.41, 5.74) is -0.947. The quantitative estimate of drug-likeness (QED) is 0.744. The van der Waals surface area contributed by atoms with Gasteiger partial charge in [-0.2, -0.15) is 29.2 Å². The Balaban J connectivity index is 1.87. The molecule has 152 valence electrons. The minimum Gasteiger partial charge on any atom is -0.379 e. The standard InChI is InChI=1S/C17H23F3N2O3S2/c18-17(19,20)14-3-1-4-16(11-14)27(23,24)22-5-2-10-26-13-15(22)12-21-6-8-25-9-7-21/h1,3-4,11,15H,2,5-10,12-13H2/t15-/m1/s1. The molecule has 0 aliphatic carbocycles. The molecule has 0 amide bonds. The third kappa shape index (κ3) is 5.17. The van der Waals surface area contributed by atoms with Gasteiger partial charge in [0.1, 0.15) is 0 Å². The van der Waals surface area contributed by atoms with Crippen molar-refractivity contribution >= 4 is 21.8 Å². The summed E-state index contributed by atoms with van der Waals surface area (Å²) >= 11 is 1.69. The van der Waals surface area contributed by atoms with Gasteiger partial charge in [-0.25, -0.2) is 8.42 Å². The molecular formula is C17H23F3N2O3S2. The van der Waals surface area contributed by atoms with Crippen LogP contribution in [0.5, 0.6) is 0 Å². The molecule has 0 radical (unpaired) electrons. The Kier molecular flexibility index (Phi) is 6.73. The molecule has 1 aromatic carbocycles. The second-order valence-corrected chi connectivity index (χ2v) is 9.68. The molecule has 27 heavy (non-hydrogen) atoms. The SMILES string of the molecule is O=S(=O)(c1cccc(C(F)(F)F)c1)N1CCCSC[C@H]1CN1CCOCC1. The number of rotatable bonds is 4. The van der Waals surface area contributed by atoms with Crippen LogP contribution in [0, 0.1) is 0 Å². The highest BCUT2D eigenvalue weighted by molar-refractivity contribution is 7.99. The van der Waals surface area contributed by atoms with Gasteiger partial charge in [0.2, 0.25) is 10.0 Å². The van der Waals surface area contributed by atoms with Crippen LogP contribution < -0.4 is 0 Å². The lowest BCUT2D eigenvalue weighted by Gasteiger charge is -2.35. The van der Waals surface area contributed by atoms with Crippen molar-refractivity contribution in [2.24, 2.45) is 0 Å². The maximum absolute atomic E-state index is 13.2. The number of benzene rings is 1. The van der Waals surface area contributed by atoms with E-state index in [0.717, 1.165) is 37.0 Å². The number of halogens is 3. The predicted octanol–water partition coefficient (Wildman–Crippen LogP) is 2.53.